The number of hydrogen-bond donors (Lipinski definition) is 3. The van der Waals surface area contributed by atoms with Crippen LogP contribution in [0.4, 0.5) is 23.2 Å². The van der Waals surface area contributed by atoms with E-state index in [0.717, 1.165) is 31.7 Å². The first-order valence-corrected chi connectivity index (χ1v) is 12.8. The Bertz CT molecular complexity index is 1180. The first-order valence-electron chi connectivity index (χ1n) is 12.8. The number of amides is 3. The van der Waals surface area contributed by atoms with Crippen molar-refractivity contribution in [3.8, 4) is 0 Å². The molecule has 0 unspecified atom stereocenters. The minimum atomic E-state index is -4.56. The summed E-state index contributed by atoms with van der Waals surface area (Å²) < 4.78 is 53.7. The number of alkyl halides is 3. The zero-order chi connectivity index (χ0) is 27.6. The van der Waals surface area contributed by atoms with E-state index in [1.54, 1.807) is 11.4 Å². The zero-order valence-electron chi connectivity index (χ0n) is 21.1. The minimum Gasteiger partial charge on any atom is -0.346 e. The summed E-state index contributed by atoms with van der Waals surface area (Å²) in [4.78, 5) is 38.6. The lowest BCUT2D eigenvalue weighted by atomic mass is 9.88. The number of benzene rings is 1. The molecule has 2 aliphatic carbocycles. The summed E-state index contributed by atoms with van der Waals surface area (Å²) in [7, 11) is 0. The largest absolute Gasteiger partial charge is 0.405 e. The Balaban J connectivity index is 1.49. The number of hydrogen-bond acceptors (Lipinski definition) is 4. The Morgan fingerprint density at radius 3 is 2.29 bits per heavy atom. The van der Waals surface area contributed by atoms with Gasteiger partial charge in [0.25, 0.3) is 5.91 Å². The van der Waals surface area contributed by atoms with E-state index in [9.17, 15) is 31.9 Å². The fraction of sp³-hybridized carbons (Fsp3) is 0.538. The van der Waals surface area contributed by atoms with Crippen LogP contribution in [0, 0.1) is 23.6 Å². The molecule has 1 heterocycles. The van der Waals surface area contributed by atoms with Gasteiger partial charge in [-0.25, -0.2) is 4.39 Å². The van der Waals surface area contributed by atoms with Gasteiger partial charge < -0.3 is 16.0 Å². The number of rotatable bonds is 11. The Kier molecular flexibility index (Phi) is 8.08. The van der Waals surface area contributed by atoms with E-state index in [1.165, 1.54) is 29.9 Å². The van der Waals surface area contributed by atoms with Crippen molar-refractivity contribution in [2.75, 3.05) is 11.9 Å². The van der Waals surface area contributed by atoms with Gasteiger partial charge in [-0.2, -0.15) is 18.3 Å². The van der Waals surface area contributed by atoms with Crippen molar-refractivity contribution in [1.82, 2.24) is 20.4 Å². The molecule has 2 aromatic rings. The Labute approximate surface area is 217 Å². The average molecular weight is 538 g/mol. The maximum Gasteiger partial charge on any atom is 0.405 e. The lowest BCUT2D eigenvalue weighted by Crippen LogP contribution is -2.50. The molecule has 2 saturated carbocycles. The van der Waals surface area contributed by atoms with Gasteiger partial charge in [0, 0.05) is 12.7 Å². The summed E-state index contributed by atoms with van der Waals surface area (Å²) in [6.07, 6.45) is 0.802. The summed E-state index contributed by atoms with van der Waals surface area (Å²) in [5, 5.41) is 11.3. The van der Waals surface area contributed by atoms with Crippen LogP contribution in [0.25, 0.3) is 0 Å². The second-order valence-corrected chi connectivity index (χ2v) is 10.0. The number of carbonyl (C=O) groups excluding carboxylic acids is 3. The van der Waals surface area contributed by atoms with Crippen molar-refractivity contribution in [1.29, 1.82) is 0 Å². The average Bonchev–Trinajstić information content (AvgIpc) is 3.81. The minimum absolute atomic E-state index is 0.0726. The van der Waals surface area contributed by atoms with Gasteiger partial charge in [0.2, 0.25) is 11.8 Å². The molecule has 2 fully saturated rings. The third kappa shape index (κ3) is 6.70. The molecular weight excluding hydrogens is 506 g/mol. The number of aromatic nitrogens is 2. The molecule has 1 aromatic carbocycles. The van der Waals surface area contributed by atoms with Crippen molar-refractivity contribution in [3.05, 3.63) is 47.5 Å². The molecule has 0 bridgehead atoms. The summed E-state index contributed by atoms with van der Waals surface area (Å²) in [5.41, 5.74) is 0.334. The molecule has 4 rings (SSSR count). The van der Waals surface area contributed by atoms with Crippen LogP contribution in [0.15, 0.2) is 30.5 Å². The molecule has 2 aliphatic rings. The highest BCUT2D eigenvalue weighted by molar-refractivity contribution is 6.01. The zero-order valence-corrected chi connectivity index (χ0v) is 21.1. The van der Waals surface area contributed by atoms with Crippen LogP contribution in [0.2, 0.25) is 0 Å². The fourth-order valence-electron chi connectivity index (χ4n) is 4.83. The predicted molar refractivity (Wildman–Crippen MR) is 131 cm³/mol. The van der Waals surface area contributed by atoms with E-state index in [-0.39, 0.29) is 17.2 Å². The molecule has 0 saturated heterocycles. The molecule has 206 valence electrons. The van der Waals surface area contributed by atoms with Crippen molar-refractivity contribution >= 4 is 23.4 Å². The van der Waals surface area contributed by atoms with Gasteiger partial charge >= 0.3 is 6.18 Å². The topological polar surface area (TPSA) is 105 Å². The summed E-state index contributed by atoms with van der Waals surface area (Å²) in [6.45, 7) is 2.20. The number of anilines is 1. The second kappa shape index (κ2) is 11.1. The Morgan fingerprint density at radius 2 is 1.74 bits per heavy atom. The van der Waals surface area contributed by atoms with Gasteiger partial charge in [0.05, 0.1) is 11.6 Å². The number of halogens is 4. The Hall–Kier alpha value is -3.44. The molecule has 12 heteroatoms. The third-order valence-corrected chi connectivity index (χ3v) is 7.14. The molecule has 2 atom stereocenters. The predicted octanol–water partition coefficient (Wildman–Crippen LogP) is 4.00. The molecule has 3 N–H and O–H groups in total. The number of carbonyl (C=O) groups is 3. The third-order valence-electron chi connectivity index (χ3n) is 7.14. The SMILES string of the molecule is CCn1nccc1C(=O)N[C@H](C(=O)Nc1ccc([C@H](C)C(=O)NCC(F)(F)F)cc1F)C(C1CC1)C1CC1. The normalized spacial score (nSPS) is 17.1. The van der Waals surface area contributed by atoms with E-state index >= 15 is 0 Å². The first-order chi connectivity index (χ1) is 18.0. The smallest absolute Gasteiger partial charge is 0.346 e. The van der Waals surface area contributed by atoms with Crippen LogP contribution in [-0.2, 0) is 16.1 Å². The highest BCUT2D eigenvalue weighted by atomic mass is 19.4. The van der Waals surface area contributed by atoms with Gasteiger partial charge in [-0.1, -0.05) is 6.07 Å². The maximum absolute atomic E-state index is 15.0. The van der Waals surface area contributed by atoms with E-state index in [2.05, 4.69) is 15.7 Å². The van der Waals surface area contributed by atoms with Crippen molar-refractivity contribution < 1.29 is 31.9 Å². The Morgan fingerprint density at radius 1 is 1.08 bits per heavy atom. The summed E-state index contributed by atoms with van der Waals surface area (Å²) in [6, 6.07) is 4.35. The molecule has 8 nitrogen and oxygen atoms in total. The van der Waals surface area contributed by atoms with Gasteiger partial charge in [-0.05, 0) is 81.0 Å². The van der Waals surface area contributed by atoms with Crippen LogP contribution < -0.4 is 16.0 Å². The quantitative estimate of drug-likeness (QED) is 0.377. The van der Waals surface area contributed by atoms with Crippen LogP contribution in [0.3, 0.4) is 0 Å². The highest BCUT2D eigenvalue weighted by Crippen LogP contribution is 2.51. The summed E-state index contributed by atoms with van der Waals surface area (Å²) >= 11 is 0. The second-order valence-electron chi connectivity index (χ2n) is 10.0. The number of nitrogens with zero attached hydrogens (tertiary/aromatic N) is 2. The van der Waals surface area contributed by atoms with Crippen LogP contribution >= 0.6 is 0 Å². The first kappa shape index (κ1) is 27.6. The molecule has 0 aliphatic heterocycles. The van der Waals surface area contributed by atoms with Crippen molar-refractivity contribution in [3.63, 3.8) is 0 Å². The van der Waals surface area contributed by atoms with Crippen molar-refractivity contribution in [2.45, 2.75) is 64.2 Å². The standard InChI is InChI=1S/C26H31F4N5O3/c1-3-35-20(10-11-32-35)24(37)34-22(21(15-4-5-15)16-6-7-16)25(38)33-19-9-8-17(12-18(19)27)14(2)23(36)31-13-26(28,29)30/h8-12,14-16,21-22H,3-7,13H2,1-2H3,(H,31,36)(H,33,38)(H,34,37)/t14-,22-/m0/s1. The molecule has 3 amide bonds. The fourth-order valence-corrected chi connectivity index (χ4v) is 4.83. The monoisotopic (exact) mass is 537 g/mol. The lowest BCUT2D eigenvalue weighted by Gasteiger charge is -2.27. The van der Waals surface area contributed by atoms with Crippen LogP contribution in [0.5, 0.6) is 0 Å². The molecule has 38 heavy (non-hydrogen) atoms. The molecule has 1 aromatic heterocycles. The van der Waals surface area contributed by atoms with E-state index in [0.29, 0.717) is 24.1 Å². The molecule has 0 spiro atoms. The molecular formula is C26H31F4N5O3. The molecule has 0 radical (unpaired) electrons. The van der Waals surface area contributed by atoms with Crippen LogP contribution in [0.1, 0.15) is 61.5 Å². The van der Waals surface area contributed by atoms with Gasteiger partial charge in [0.15, 0.2) is 0 Å². The maximum atomic E-state index is 15.0. The highest BCUT2D eigenvalue weighted by Gasteiger charge is 2.48. The van der Waals surface area contributed by atoms with Crippen LogP contribution in [-0.4, -0.2) is 46.3 Å². The van der Waals surface area contributed by atoms with Crippen molar-refractivity contribution in [2.24, 2.45) is 17.8 Å². The van der Waals surface area contributed by atoms with E-state index < -0.39 is 48.2 Å². The van der Waals surface area contributed by atoms with E-state index in [4.69, 9.17) is 0 Å². The van der Waals surface area contributed by atoms with Gasteiger partial charge in [-0.3, -0.25) is 19.1 Å². The summed E-state index contributed by atoms with van der Waals surface area (Å²) in [5.74, 6) is -3.23. The lowest BCUT2D eigenvalue weighted by molar-refractivity contribution is -0.139. The van der Waals surface area contributed by atoms with E-state index in [1.807, 2.05) is 6.92 Å². The number of aryl methyl sites for hydroxylation is 1. The number of nitrogens with one attached hydrogen (secondary N) is 3. The van der Waals surface area contributed by atoms with Gasteiger partial charge in [0.1, 0.15) is 24.1 Å². The van der Waals surface area contributed by atoms with Gasteiger partial charge in [-0.15, -0.1) is 0 Å².